The van der Waals surface area contributed by atoms with Crippen LogP contribution in [0.3, 0.4) is 0 Å². The SMILES string of the molecule is O=C(Cc1cccc(Br)c1)N1CCC(O)CC1. The van der Waals surface area contributed by atoms with Crippen molar-refractivity contribution in [3.8, 4) is 0 Å². The molecule has 1 saturated heterocycles. The second kappa shape index (κ2) is 5.65. The van der Waals surface area contributed by atoms with Crippen LogP contribution in [0.15, 0.2) is 28.7 Å². The van der Waals surface area contributed by atoms with Crippen molar-refractivity contribution in [2.45, 2.75) is 25.4 Å². The number of likely N-dealkylation sites (tertiary alicyclic amines) is 1. The molecule has 0 aromatic heterocycles. The summed E-state index contributed by atoms with van der Waals surface area (Å²) in [6.45, 7) is 1.35. The Balaban J connectivity index is 1.93. The first-order valence-corrected chi connectivity index (χ1v) is 6.65. The number of carbonyl (C=O) groups excluding carboxylic acids is 1. The van der Waals surface area contributed by atoms with E-state index in [1.54, 1.807) is 0 Å². The van der Waals surface area contributed by atoms with E-state index < -0.39 is 0 Å². The molecule has 1 fully saturated rings. The quantitative estimate of drug-likeness (QED) is 0.907. The molecular formula is C13H16BrNO2. The van der Waals surface area contributed by atoms with Gasteiger partial charge >= 0.3 is 0 Å². The maximum absolute atomic E-state index is 12.0. The summed E-state index contributed by atoms with van der Waals surface area (Å²) >= 11 is 3.40. The van der Waals surface area contributed by atoms with Crippen molar-refractivity contribution in [3.63, 3.8) is 0 Å². The highest BCUT2D eigenvalue weighted by molar-refractivity contribution is 9.10. The zero-order valence-corrected chi connectivity index (χ0v) is 11.2. The minimum Gasteiger partial charge on any atom is -0.393 e. The molecule has 1 heterocycles. The largest absolute Gasteiger partial charge is 0.393 e. The van der Waals surface area contributed by atoms with Gasteiger partial charge in [-0.2, -0.15) is 0 Å². The average Bonchev–Trinajstić information content (AvgIpc) is 2.29. The summed E-state index contributed by atoms with van der Waals surface area (Å²) in [5, 5.41) is 9.39. The monoisotopic (exact) mass is 297 g/mol. The number of carbonyl (C=O) groups is 1. The Morgan fingerprint density at radius 2 is 2.12 bits per heavy atom. The molecule has 0 unspecified atom stereocenters. The van der Waals surface area contributed by atoms with Crippen LogP contribution >= 0.6 is 15.9 Å². The summed E-state index contributed by atoms with van der Waals surface area (Å²) in [6.07, 6.45) is 1.61. The van der Waals surface area contributed by atoms with E-state index in [4.69, 9.17) is 0 Å². The van der Waals surface area contributed by atoms with Crippen molar-refractivity contribution in [1.29, 1.82) is 0 Å². The Labute approximate surface area is 110 Å². The summed E-state index contributed by atoms with van der Waals surface area (Å²) in [6, 6.07) is 7.82. The lowest BCUT2D eigenvalue weighted by Crippen LogP contribution is -2.40. The number of nitrogens with zero attached hydrogens (tertiary/aromatic N) is 1. The van der Waals surface area contributed by atoms with Crippen molar-refractivity contribution in [1.82, 2.24) is 4.90 Å². The van der Waals surface area contributed by atoms with Crippen molar-refractivity contribution < 1.29 is 9.90 Å². The van der Waals surface area contributed by atoms with Crippen molar-refractivity contribution >= 4 is 21.8 Å². The first kappa shape index (κ1) is 12.6. The second-order valence-corrected chi connectivity index (χ2v) is 5.33. The molecule has 1 aliphatic rings. The van der Waals surface area contributed by atoms with Crippen LogP contribution < -0.4 is 0 Å². The fraction of sp³-hybridized carbons (Fsp3) is 0.462. The molecule has 0 bridgehead atoms. The van der Waals surface area contributed by atoms with Gasteiger partial charge in [-0.25, -0.2) is 0 Å². The molecular weight excluding hydrogens is 282 g/mol. The van der Waals surface area contributed by atoms with Crippen LogP contribution in [0.5, 0.6) is 0 Å². The van der Waals surface area contributed by atoms with Crippen LogP contribution in [-0.4, -0.2) is 35.1 Å². The van der Waals surface area contributed by atoms with Gasteiger partial charge in [-0.1, -0.05) is 28.1 Å². The summed E-state index contributed by atoms with van der Waals surface area (Å²) in [4.78, 5) is 13.9. The average molecular weight is 298 g/mol. The molecule has 0 saturated carbocycles. The van der Waals surface area contributed by atoms with Gasteiger partial charge in [0, 0.05) is 17.6 Å². The molecule has 1 aromatic carbocycles. The lowest BCUT2D eigenvalue weighted by molar-refractivity contribution is -0.132. The van der Waals surface area contributed by atoms with E-state index in [1.165, 1.54) is 0 Å². The molecule has 0 spiro atoms. The Hall–Kier alpha value is -0.870. The number of piperidine rings is 1. The molecule has 1 aromatic rings. The number of halogens is 1. The molecule has 17 heavy (non-hydrogen) atoms. The molecule has 3 nitrogen and oxygen atoms in total. The molecule has 1 aliphatic heterocycles. The zero-order valence-electron chi connectivity index (χ0n) is 9.60. The van der Waals surface area contributed by atoms with E-state index in [-0.39, 0.29) is 12.0 Å². The molecule has 0 radical (unpaired) electrons. The standard InChI is InChI=1S/C13H16BrNO2/c14-11-3-1-2-10(8-11)9-13(17)15-6-4-12(16)5-7-15/h1-3,8,12,16H,4-7,9H2. The third-order valence-corrected chi connectivity index (χ3v) is 3.55. The molecule has 2 rings (SSSR count). The lowest BCUT2D eigenvalue weighted by Gasteiger charge is -2.29. The number of hydrogen-bond donors (Lipinski definition) is 1. The third kappa shape index (κ3) is 3.54. The summed E-state index contributed by atoms with van der Waals surface area (Å²) in [7, 11) is 0. The van der Waals surface area contributed by atoms with E-state index >= 15 is 0 Å². The topological polar surface area (TPSA) is 40.5 Å². The molecule has 0 atom stereocenters. The van der Waals surface area contributed by atoms with Gasteiger partial charge in [0.2, 0.25) is 5.91 Å². The zero-order chi connectivity index (χ0) is 12.3. The highest BCUT2D eigenvalue weighted by atomic mass is 79.9. The smallest absolute Gasteiger partial charge is 0.226 e. The van der Waals surface area contributed by atoms with Crippen molar-refractivity contribution in [2.75, 3.05) is 13.1 Å². The van der Waals surface area contributed by atoms with Crippen LogP contribution in [0.4, 0.5) is 0 Å². The summed E-state index contributed by atoms with van der Waals surface area (Å²) in [5.74, 6) is 0.148. The number of benzene rings is 1. The predicted octanol–water partition coefficient (Wildman–Crippen LogP) is 1.97. The first-order chi connectivity index (χ1) is 8.15. The van der Waals surface area contributed by atoms with E-state index in [2.05, 4.69) is 15.9 Å². The molecule has 1 amide bonds. The van der Waals surface area contributed by atoms with Crippen LogP contribution in [-0.2, 0) is 11.2 Å². The number of aliphatic hydroxyl groups excluding tert-OH is 1. The lowest BCUT2D eigenvalue weighted by atomic mass is 10.1. The van der Waals surface area contributed by atoms with Gasteiger partial charge in [-0.3, -0.25) is 4.79 Å². The maximum atomic E-state index is 12.0. The van der Waals surface area contributed by atoms with Crippen LogP contribution in [0.25, 0.3) is 0 Å². The predicted molar refractivity (Wildman–Crippen MR) is 69.7 cm³/mol. The molecule has 0 aliphatic carbocycles. The number of aliphatic hydroxyl groups is 1. The van der Waals surface area contributed by atoms with Crippen molar-refractivity contribution in [2.24, 2.45) is 0 Å². The van der Waals surface area contributed by atoms with Gasteiger partial charge in [0.05, 0.1) is 12.5 Å². The number of hydrogen-bond acceptors (Lipinski definition) is 2. The van der Waals surface area contributed by atoms with Crippen LogP contribution in [0.1, 0.15) is 18.4 Å². The summed E-state index contributed by atoms with van der Waals surface area (Å²) in [5.41, 5.74) is 1.02. The third-order valence-electron chi connectivity index (χ3n) is 3.06. The molecule has 1 N–H and O–H groups in total. The molecule has 92 valence electrons. The molecule has 4 heteroatoms. The van der Waals surface area contributed by atoms with E-state index in [0.29, 0.717) is 32.4 Å². The first-order valence-electron chi connectivity index (χ1n) is 5.85. The van der Waals surface area contributed by atoms with E-state index in [9.17, 15) is 9.90 Å². The fourth-order valence-electron chi connectivity index (χ4n) is 2.05. The minimum absolute atomic E-state index is 0.148. The van der Waals surface area contributed by atoms with Crippen LogP contribution in [0, 0.1) is 0 Å². The van der Waals surface area contributed by atoms with Gasteiger partial charge in [-0.15, -0.1) is 0 Å². The Morgan fingerprint density at radius 3 is 2.76 bits per heavy atom. The normalized spacial score (nSPS) is 17.2. The second-order valence-electron chi connectivity index (χ2n) is 4.42. The Kier molecular flexibility index (Phi) is 4.18. The van der Waals surface area contributed by atoms with Crippen molar-refractivity contribution in [3.05, 3.63) is 34.3 Å². The number of rotatable bonds is 2. The maximum Gasteiger partial charge on any atom is 0.226 e. The highest BCUT2D eigenvalue weighted by Crippen LogP contribution is 2.15. The van der Waals surface area contributed by atoms with Crippen LogP contribution in [0.2, 0.25) is 0 Å². The van der Waals surface area contributed by atoms with E-state index in [1.807, 2.05) is 29.2 Å². The Bertz CT molecular complexity index is 400. The van der Waals surface area contributed by atoms with Gasteiger partial charge in [0.1, 0.15) is 0 Å². The minimum atomic E-state index is -0.232. The van der Waals surface area contributed by atoms with Gasteiger partial charge in [-0.05, 0) is 30.5 Å². The van der Waals surface area contributed by atoms with Gasteiger partial charge in [0.15, 0.2) is 0 Å². The number of amides is 1. The van der Waals surface area contributed by atoms with Gasteiger partial charge < -0.3 is 10.0 Å². The van der Waals surface area contributed by atoms with Gasteiger partial charge in [0.25, 0.3) is 0 Å². The highest BCUT2D eigenvalue weighted by Gasteiger charge is 2.21. The fourth-order valence-corrected chi connectivity index (χ4v) is 2.50. The Morgan fingerprint density at radius 1 is 1.41 bits per heavy atom. The summed E-state index contributed by atoms with van der Waals surface area (Å²) < 4.78 is 0.997. The van der Waals surface area contributed by atoms with E-state index in [0.717, 1.165) is 10.0 Å².